The van der Waals surface area contributed by atoms with Gasteiger partial charge in [0.1, 0.15) is 0 Å². The Morgan fingerprint density at radius 3 is 2.50 bits per heavy atom. The molecular weight excluding hydrogens is 314 g/mol. The Kier molecular flexibility index (Phi) is 3.83. The van der Waals surface area contributed by atoms with Crippen LogP contribution in [0.3, 0.4) is 0 Å². The number of hydrogen-bond acceptors (Lipinski definition) is 2. The fourth-order valence-corrected chi connectivity index (χ4v) is 2.42. The number of rotatable bonds is 4. The van der Waals surface area contributed by atoms with Crippen LogP contribution in [0, 0.1) is 0 Å². The molecule has 1 heterocycles. The van der Waals surface area contributed by atoms with E-state index in [2.05, 4.69) is 62.7 Å². The molecule has 0 radical (unpaired) electrons. The van der Waals surface area contributed by atoms with Gasteiger partial charge in [-0.1, -0.05) is 34.1 Å². The molecule has 2 aromatic carbocycles. The standard InChI is InChI=1S/C16H14BrN3/c17-16-5-2-1-4-13(16)12-18-14-6-8-15(9-7-14)20-11-3-10-19-20/h1-11,18H,12H2. The normalized spacial score (nSPS) is 10.4. The summed E-state index contributed by atoms with van der Waals surface area (Å²) in [5.74, 6) is 0. The fraction of sp³-hybridized carbons (Fsp3) is 0.0625. The third kappa shape index (κ3) is 2.91. The van der Waals surface area contributed by atoms with Gasteiger partial charge in [0.25, 0.3) is 0 Å². The molecule has 3 aromatic rings. The summed E-state index contributed by atoms with van der Waals surface area (Å²) in [6.45, 7) is 0.794. The average Bonchev–Trinajstić information content (AvgIpc) is 3.01. The van der Waals surface area contributed by atoms with Gasteiger partial charge in [0.15, 0.2) is 0 Å². The molecule has 0 atom stereocenters. The van der Waals surface area contributed by atoms with Gasteiger partial charge in [0.2, 0.25) is 0 Å². The highest BCUT2D eigenvalue weighted by Crippen LogP contribution is 2.18. The van der Waals surface area contributed by atoms with Gasteiger partial charge < -0.3 is 5.32 Å². The minimum absolute atomic E-state index is 0.794. The number of benzene rings is 2. The monoisotopic (exact) mass is 327 g/mol. The second-order valence-corrected chi connectivity index (χ2v) is 5.30. The second kappa shape index (κ2) is 5.92. The van der Waals surface area contributed by atoms with E-state index in [1.54, 1.807) is 6.20 Å². The number of hydrogen-bond donors (Lipinski definition) is 1. The topological polar surface area (TPSA) is 29.9 Å². The highest BCUT2D eigenvalue weighted by Gasteiger charge is 1.99. The van der Waals surface area contributed by atoms with Crippen molar-refractivity contribution in [1.82, 2.24) is 9.78 Å². The van der Waals surface area contributed by atoms with Crippen molar-refractivity contribution in [3.63, 3.8) is 0 Å². The van der Waals surface area contributed by atoms with Crippen molar-refractivity contribution in [2.24, 2.45) is 0 Å². The first-order valence-electron chi connectivity index (χ1n) is 6.40. The summed E-state index contributed by atoms with van der Waals surface area (Å²) in [7, 11) is 0. The predicted molar refractivity (Wildman–Crippen MR) is 85.0 cm³/mol. The second-order valence-electron chi connectivity index (χ2n) is 4.44. The zero-order chi connectivity index (χ0) is 13.8. The van der Waals surface area contributed by atoms with Gasteiger partial charge in [-0.2, -0.15) is 5.10 Å². The quantitative estimate of drug-likeness (QED) is 0.776. The number of nitrogens with zero attached hydrogens (tertiary/aromatic N) is 2. The largest absolute Gasteiger partial charge is 0.381 e. The lowest BCUT2D eigenvalue weighted by molar-refractivity contribution is 0.880. The van der Waals surface area contributed by atoms with E-state index in [0.29, 0.717) is 0 Å². The van der Waals surface area contributed by atoms with Crippen LogP contribution >= 0.6 is 15.9 Å². The molecule has 1 aromatic heterocycles. The Hall–Kier alpha value is -2.07. The third-order valence-electron chi connectivity index (χ3n) is 3.08. The van der Waals surface area contributed by atoms with E-state index in [9.17, 15) is 0 Å². The first-order chi connectivity index (χ1) is 9.83. The lowest BCUT2D eigenvalue weighted by Crippen LogP contribution is -2.00. The Bertz CT molecular complexity index is 675. The van der Waals surface area contributed by atoms with Crippen LogP contribution in [0.5, 0.6) is 0 Å². The lowest BCUT2D eigenvalue weighted by Gasteiger charge is -2.09. The molecule has 1 N–H and O–H groups in total. The van der Waals surface area contributed by atoms with Gasteiger partial charge in [-0.15, -0.1) is 0 Å². The van der Waals surface area contributed by atoms with Crippen LogP contribution < -0.4 is 5.32 Å². The summed E-state index contributed by atoms with van der Waals surface area (Å²) >= 11 is 3.56. The molecule has 0 aliphatic carbocycles. The molecule has 20 heavy (non-hydrogen) atoms. The molecule has 3 rings (SSSR count). The maximum Gasteiger partial charge on any atom is 0.0647 e. The molecule has 0 bridgehead atoms. The summed E-state index contributed by atoms with van der Waals surface area (Å²) in [5.41, 5.74) is 3.39. The first-order valence-corrected chi connectivity index (χ1v) is 7.19. The van der Waals surface area contributed by atoms with Gasteiger partial charge >= 0.3 is 0 Å². The summed E-state index contributed by atoms with van der Waals surface area (Å²) in [6, 6.07) is 18.4. The average molecular weight is 328 g/mol. The van der Waals surface area contributed by atoms with Crippen LogP contribution in [-0.4, -0.2) is 9.78 Å². The molecule has 0 fully saturated rings. The van der Waals surface area contributed by atoms with Gasteiger partial charge in [-0.3, -0.25) is 0 Å². The van der Waals surface area contributed by atoms with Crippen molar-refractivity contribution < 1.29 is 0 Å². The van der Waals surface area contributed by atoms with Gasteiger partial charge in [-0.25, -0.2) is 4.68 Å². The maximum atomic E-state index is 4.21. The molecule has 0 aliphatic rings. The van der Waals surface area contributed by atoms with Crippen molar-refractivity contribution >= 4 is 21.6 Å². The zero-order valence-electron chi connectivity index (χ0n) is 10.8. The highest BCUT2D eigenvalue weighted by molar-refractivity contribution is 9.10. The third-order valence-corrected chi connectivity index (χ3v) is 3.85. The lowest BCUT2D eigenvalue weighted by atomic mass is 10.2. The Labute approximate surface area is 126 Å². The zero-order valence-corrected chi connectivity index (χ0v) is 12.4. The van der Waals surface area contributed by atoms with E-state index >= 15 is 0 Å². The molecule has 0 saturated heterocycles. The van der Waals surface area contributed by atoms with E-state index in [4.69, 9.17) is 0 Å². The highest BCUT2D eigenvalue weighted by atomic mass is 79.9. The Morgan fingerprint density at radius 2 is 1.80 bits per heavy atom. The van der Waals surface area contributed by atoms with Crippen molar-refractivity contribution in [1.29, 1.82) is 0 Å². The molecule has 0 unspecified atom stereocenters. The number of anilines is 1. The molecule has 0 spiro atoms. The van der Waals surface area contributed by atoms with Crippen molar-refractivity contribution in [2.45, 2.75) is 6.54 Å². The van der Waals surface area contributed by atoms with Crippen molar-refractivity contribution in [3.8, 4) is 5.69 Å². The molecular formula is C16H14BrN3. The van der Waals surface area contributed by atoms with Gasteiger partial charge in [-0.05, 0) is 42.0 Å². The maximum absolute atomic E-state index is 4.21. The van der Waals surface area contributed by atoms with Crippen LogP contribution in [0.15, 0.2) is 71.5 Å². The van der Waals surface area contributed by atoms with Crippen LogP contribution in [0.4, 0.5) is 5.69 Å². The minimum Gasteiger partial charge on any atom is -0.381 e. The SMILES string of the molecule is Brc1ccccc1CNc1ccc(-n2cccn2)cc1. The fourth-order valence-electron chi connectivity index (χ4n) is 1.99. The van der Waals surface area contributed by atoms with Gasteiger partial charge in [0, 0.05) is 29.1 Å². The summed E-state index contributed by atoms with van der Waals surface area (Å²) in [6.07, 6.45) is 3.71. The number of halogens is 1. The molecule has 3 nitrogen and oxygen atoms in total. The summed E-state index contributed by atoms with van der Waals surface area (Å²) in [5, 5.41) is 7.63. The predicted octanol–water partition coefficient (Wildman–Crippen LogP) is 4.25. The van der Waals surface area contributed by atoms with E-state index in [1.165, 1.54) is 5.56 Å². The van der Waals surface area contributed by atoms with Crippen LogP contribution in [-0.2, 0) is 6.54 Å². The summed E-state index contributed by atoms with van der Waals surface area (Å²) in [4.78, 5) is 0. The Morgan fingerprint density at radius 1 is 1.00 bits per heavy atom. The van der Waals surface area contributed by atoms with Crippen LogP contribution in [0.25, 0.3) is 5.69 Å². The molecule has 4 heteroatoms. The molecule has 100 valence electrons. The van der Waals surface area contributed by atoms with E-state index in [0.717, 1.165) is 22.4 Å². The molecule has 0 aliphatic heterocycles. The van der Waals surface area contributed by atoms with E-state index < -0.39 is 0 Å². The van der Waals surface area contributed by atoms with Crippen LogP contribution in [0.1, 0.15) is 5.56 Å². The molecule has 0 amide bonds. The summed E-state index contributed by atoms with van der Waals surface area (Å²) < 4.78 is 2.97. The van der Waals surface area contributed by atoms with E-state index in [-0.39, 0.29) is 0 Å². The van der Waals surface area contributed by atoms with Crippen LogP contribution in [0.2, 0.25) is 0 Å². The first kappa shape index (κ1) is 12.9. The number of nitrogens with one attached hydrogen (secondary N) is 1. The van der Waals surface area contributed by atoms with Crippen molar-refractivity contribution in [3.05, 3.63) is 77.0 Å². The smallest absolute Gasteiger partial charge is 0.0647 e. The molecule has 0 saturated carbocycles. The van der Waals surface area contributed by atoms with Crippen molar-refractivity contribution in [2.75, 3.05) is 5.32 Å². The Balaban J connectivity index is 1.68. The van der Waals surface area contributed by atoms with E-state index in [1.807, 2.05) is 29.1 Å². The number of aromatic nitrogens is 2. The van der Waals surface area contributed by atoms with Gasteiger partial charge in [0.05, 0.1) is 5.69 Å². The minimum atomic E-state index is 0.794.